The molecule has 3 fully saturated rings. The Kier molecular flexibility index (Phi) is 4.85. The number of halogens is 1. The Morgan fingerprint density at radius 3 is 2.04 bits per heavy atom. The second kappa shape index (κ2) is 7.29. The van der Waals surface area contributed by atoms with E-state index in [-0.39, 0.29) is 41.9 Å². The Balaban J connectivity index is 1.34. The van der Waals surface area contributed by atoms with Crippen LogP contribution >= 0.6 is 0 Å². The van der Waals surface area contributed by atoms with E-state index < -0.39 is 0 Å². The standard InChI is InChI=1S/C20H24FN3O3/c21-14-5-7-15(8-6-14)22-9-11-23(12-10-22)18(25)13-24-19(26)16-3-1-2-4-17(16)20(24)27/h5-8,16-17H,1-4,9-13H2/t16-,17+. The van der Waals surface area contributed by atoms with Crippen LogP contribution < -0.4 is 4.90 Å². The maximum absolute atomic E-state index is 13.1. The van der Waals surface area contributed by atoms with Gasteiger partial charge in [-0.25, -0.2) is 4.39 Å². The van der Waals surface area contributed by atoms with E-state index in [4.69, 9.17) is 0 Å². The van der Waals surface area contributed by atoms with Crippen LogP contribution in [0.1, 0.15) is 25.7 Å². The second-order valence-corrected chi connectivity index (χ2v) is 7.60. The number of likely N-dealkylation sites (tertiary alicyclic amines) is 1. The van der Waals surface area contributed by atoms with Crippen molar-refractivity contribution in [1.82, 2.24) is 9.80 Å². The molecule has 0 unspecified atom stereocenters. The summed E-state index contributed by atoms with van der Waals surface area (Å²) in [5, 5.41) is 0. The van der Waals surface area contributed by atoms with Gasteiger partial charge in [-0.1, -0.05) is 12.8 Å². The van der Waals surface area contributed by atoms with Crippen LogP contribution in [0.2, 0.25) is 0 Å². The van der Waals surface area contributed by atoms with Crippen LogP contribution in [-0.2, 0) is 14.4 Å². The zero-order valence-corrected chi connectivity index (χ0v) is 15.3. The van der Waals surface area contributed by atoms with Crippen molar-refractivity contribution in [3.05, 3.63) is 30.1 Å². The normalized spacial score (nSPS) is 25.7. The van der Waals surface area contributed by atoms with Crippen molar-refractivity contribution >= 4 is 23.4 Å². The summed E-state index contributed by atoms with van der Waals surface area (Å²) in [5.41, 5.74) is 0.928. The highest BCUT2D eigenvalue weighted by Crippen LogP contribution is 2.37. The van der Waals surface area contributed by atoms with Gasteiger partial charge in [-0.15, -0.1) is 0 Å². The van der Waals surface area contributed by atoms with Crippen LogP contribution in [0, 0.1) is 17.7 Å². The second-order valence-electron chi connectivity index (χ2n) is 7.60. The van der Waals surface area contributed by atoms with Crippen LogP contribution in [0.3, 0.4) is 0 Å². The molecule has 0 spiro atoms. The third-order valence-electron chi connectivity index (χ3n) is 6.05. The Morgan fingerprint density at radius 1 is 0.926 bits per heavy atom. The van der Waals surface area contributed by atoms with Crippen LogP contribution in [0.25, 0.3) is 0 Å². The summed E-state index contributed by atoms with van der Waals surface area (Å²) in [4.78, 5) is 42.7. The van der Waals surface area contributed by atoms with Gasteiger partial charge in [-0.3, -0.25) is 19.3 Å². The van der Waals surface area contributed by atoms with Gasteiger partial charge in [0.15, 0.2) is 0 Å². The first-order valence-electron chi connectivity index (χ1n) is 9.68. The summed E-state index contributed by atoms with van der Waals surface area (Å²) in [7, 11) is 0. The molecule has 2 aliphatic heterocycles. The Hall–Kier alpha value is -2.44. The van der Waals surface area contributed by atoms with Crippen molar-refractivity contribution in [3.8, 4) is 0 Å². The summed E-state index contributed by atoms with van der Waals surface area (Å²) in [6.45, 7) is 2.20. The summed E-state index contributed by atoms with van der Waals surface area (Å²) in [6, 6.07) is 6.32. The van der Waals surface area contributed by atoms with Crippen molar-refractivity contribution in [2.45, 2.75) is 25.7 Å². The fraction of sp³-hybridized carbons (Fsp3) is 0.550. The molecule has 1 aromatic carbocycles. The lowest BCUT2D eigenvalue weighted by atomic mass is 9.81. The van der Waals surface area contributed by atoms with Gasteiger partial charge in [0.1, 0.15) is 12.4 Å². The highest BCUT2D eigenvalue weighted by Gasteiger charge is 2.48. The molecular weight excluding hydrogens is 349 g/mol. The van der Waals surface area contributed by atoms with E-state index in [2.05, 4.69) is 4.90 Å². The van der Waals surface area contributed by atoms with Crippen LogP contribution in [0.15, 0.2) is 24.3 Å². The molecule has 3 amide bonds. The largest absolute Gasteiger partial charge is 0.368 e. The van der Waals surface area contributed by atoms with E-state index in [0.29, 0.717) is 26.2 Å². The topological polar surface area (TPSA) is 60.9 Å². The van der Waals surface area contributed by atoms with E-state index in [1.807, 2.05) is 0 Å². The van der Waals surface area contributed by atoms with Crippen molar-refractivity contribution in [1.29, 1.82) is 0 Å². The Bertz CT molecular complexity index is 719. The molecule has 0 N–H and O–H groups in total. The van der Waals surface area contributed by atoms with Crippen LogP contribution in [0.4, 0.5) is 10.1 Å². The molecule has 2 atom stereocenters. The van der Waals surface area contributed by atoms with Gasteiger partial charge < -0.3 is 9.80 Å². The summed E-state index contributed by atoms with van der Waals surface area (Å²) < 4.78 is 13.1. The van der Waals surface area contributed by atoms with Gasteiger partial charge in [-0.05, 0) is 37.1 Å². The van der Waals surface area contributed by atoms with Crippen LogP contribution in [-0.4, -0.2) is 60.2 Å². The number of hydrogen-bond donors (Lipinski definition) is 0. The molecule has 0 aromatic heterocycles. The number of nitrogens with zero attached hydrogens (tertiary/aromatic N) is 3. The molecule has 2 heterocycles. The molecule has 7 heteroatoms. The highest BCUT2D eigenvalue weighted by molar-refractivity contribution is 6.07. The van der Waals surface area contributed by atoms with Gasteiger partial charge in [0.05, 0.1) is 11.8 Å². The summed E-state index contributed by atoms with van der Waals surface area (Å²) >= 11 is 0. The number of piperazine rings is 1. The van der Waals surface area contributed by atoms with Crippen molar-refractivity contribution < 1.29 is 18.8 Å². The predicted molar refractivity (Wildman–Crippen MR) is 97.4 cm³/mol. The van der Waals surface area contributed by atoms with Gasteiger partial charge in [0.25, 0.3) is 0 Å². The highest BCUT2D eigenvalue weighted by atomic mass is 19.1. The van der Waals surface area contributed by atoms with E-state index in [1.54, 1.807) is 17.0 Å². The maximum atomic E-state index is 13.1. The average molecular weight is 373 g/mol. The first kappa shape index (κ1) is 17.9. The number of benzene rings is 1. The monoisotopic (exact) mass is 373 g/mol. The molecule has 0 radical (unpaired) electrons. The zero-order valence-electron chi connectivity index (χ0n) is 15.3. The molecule has 6 nitrogen and oxygen atoms in total. The predicted octanol–water partition coefficient (Wildman–Crippen LogP) is 1.65. The van der Waals surface area contributed by atoms with E-state index in [9.17, 15) is 18.8 Å². The zero-order chi connectivity index (χ0) is 19.0. The fourth-order valence-electron chi connectivity index (χ4n) is 4.49. The van der Waals surface area contributed by atoms with E-state index >= 15 is 0 Å². The average Bonchev–Trinajstić information content (AvgIpc) is 2.94. The number of imide groups is 1. The Morgan fingerprint density at radius 2 is 1.48 bits per heavy atom. The number of carbonyl (C=O) groups excluding carboxylic acids is 3. The van der Waals surface area contributed by atoms with Gasteiger partial charge >= 0.3 is 0 Å². The first-order chi connectivity index (χ1) is 13.0. The number of carbonyl (C=O) groups is 3. The van der Waals surface area contributed by atoms with Crippen LogP contribution in [0.5, 0.6) is 0 Å². The van der Waals surface area contributed by atoms with Crippen molar-refractivity contribution in [3.63, 3.8) is 0 Å². The minimum absolute atomic E-state index is 0.138. The molecule has 2 saturated heterocycles. The molecule has 1 saturated carbocycles. The third kappa shape index (κ3) is 3.42. The summed E-state index contributed by atoms with van der Waals surface area (Å²) in [6.07, 6.45) is 3.48. The van der Waals surface area contributed by atoms with Gasteiger partial charge in [-0.2, -0.15) is 0 Å². The Labute approximate surface area is 157 Å². The first-order valence-corrected chi connectivity index (χ1v) is 9.68. The molecule has 144 valence electrons. The molecular formula is C20H24FN3O3. The number of rotatable bonds is 3. The minimum Gasteiger partial charge on any atom is -0.368 e. The lowest BCUT2D eigenvalue weighted by Crippen LogP contribution is -2.52. The molecule has 1 aliphatic carbocycles. The molecule has 1 aromatic rings. The van der Waals surface area contributed by atoms with E-state index in [0.717, 1.165) is 31.4 Å². The van der Waals surface area contributed by atoms with Crippen molar-refractivity contribution in [2.24, 2.45) is 11.8 Å². The fourth-order valence-corrected chi connectivity index (χ4v) is 4.49. The lowest BCUT2D eigenvalue weighted by Gasteiger charge is -2.36. The quantitative estimate of drug-likeness (QED) is 0.756. The number of amides is 3. The van der Waals surface area contributed by atoms with E-state index in [1.165, 1.54) is 17.0 Å². The maximum Gasteiger partial charge on any atom is 0.242 e. The number of fused-ring (bicyclic) bond motifs is 1. The SMILES string of the molecule is O=C(CN1C(=O)[C@H]2CCCC[C@H]2C1=O)N1CCN(c2ccc(F)cc2)CC1. The molecule has 27 heavy (non-hydrogen) atoms. The van der Waals surface area contributed by atoms with Crippen molar-refractivity contribution in [2.75, 3.05) is 37.6 Å². The van der Waals surface area contributed by atoms with Gasteiger partial charge in [0, 0.05) is 31.9 Å². The number of hydrogen-bond acceptors (Lipinski definition) is 4. The molecule has 3 aliphatic rings. The smallest absolute Gasteiger partial charge is 0.242 e. The number of anilines is 1. The minimum atomic E-state index is -0.270. The lowest BCUT2D eigenvalue weighted by molar-refractivity contribution is -0.146. The molecule has 0 bridgehead atoms. The van der Waals surface area contributed by atoms with Gasteiger partial charge in [0.2, 0.25) is 17.7 Å². The molecule has 4 rings (SSSR count). The third-order valence-corrected chi connectivity index (χ3v) is 6.05. The summed E-state index contributed by atoms with van der Waals surface area (Å²) in [5.74, 6) is -1.20.